The number of rotatable bonds is 40. The lowest BCUT2D eigenvalue weighted by molar-refractivity contribution is -0.141. The number of H-pyrrole nitrogens is 2. The highest BCUT2D eigenvalue weighted by Gasteiger charge is 2.36. The third-order valence-corrected chi connectivity index (χ3v) is 19.6. The zero-order chi connectivity index (χ0) is 70.8. The molecule has 0 saturated heterocycles. The molecule has 15 N–H and O–H groups in total. The number of likely N-dealkylation sites (N-methyl/N-ethyl adjacent to an activating group) is 1. The van der Waals surface area contributed by atoms with E-state index in [-0.39, 0.29) is 74.2 Å². The van der Waals surface area contributed by atoms with Gasteiger partial charge in [0.15, 0.2) is 14.7 Å². The van der Waals surface area contributed by atoms with E-state index in [4.69, 9.17) is 11.5 Å². The summed E-state index contributed by atoms with van der Waals surface area (Å²) < 4.78 is 0. The number of unbranched alkanes of at least 4 members (excludes halogenated alkanes) is 1. The van der Waals surface area contributed by atoms with Crippen LogP contribution >= 0.6 is 0 Å². The predicted molar refractivity (Wildman–Crippen MR) is 370 cm³/mol. The molecule has 27 heteroatoms. The van der Waals surface area contributed by atoms with Gasteiger partial charge in [-0.3, -0.25) is 58.2 Å². The second kappa shape index (κ2) is 37.6. The molecule has 7 rings (SSSR count). The molecule has 0 spiro atoms. The Labute approximate surface area is 574 Å². The highest BCUT2D eigenvalue weighted by atomic mass is 32.2. The van der Waals surface area contributed by atoms with Crippen molar-refractivity contribution in [2.45, 2.75) is 175 Å². The van der Waals surface area contributed by atoms with E-state index in [0.717, 1.165) is 38.4 Å². The lowest BCUT2D eigenvalue weighted by atomic mass is 9.94. The monoisotopic (exact) mass is 1360 g/mol. The van der Waals surface area contributed by atoms with Gasteiger partial charge >= 0.3 is 0 Å². The molecule has 6 aromatic rings. The van der Waals surface area contributed by atoms with Crippen LogP contribution in [0.25, 0.3) is 10.9 Å². The van der Waals surface area contributed by atoms with E-state index < -0.39 is 114 Å². The molecule has 1 saturated carbocycles. The fraction of sp³-hybridized carbons (Fsp3) is 0.437. The number of benzene rings is 4. The molecule has 2 heterocycles. The molecule has 8 atom stereocenters. The fourth-order valence-electron chi connectivity index (χ4n) is 11.2. The van der Waals surface area contributed by atoms with Crippen molar-refractivity contribution in [2.75, 3.05) is 20.1 Å². The maximum absolute atomic E-state index is 14.5. The highest BCUT2D eigenvalue weighted by molar-refractivity contribution is 7.97. The first kappa shape index (κ1) is 75.5. The maximum Gasteiger partial charge on any atom is 0.251 e. The maximum atomic E-state index is 14.5. The van der Waals surface area contributed by atoms with Crippen molar-refractivity contribution >= 4 is 86.8 Å². The number of amides is 11. The zero-order valence-corrected chi connectivity index (χ0v) is 57.3. The Kier molecular flexibility index (Phi) is 28.9. The molecule has 524 valence electrons. The minimum Gasteiger partial charge on any atom is -0.370 e. The largest absolute Gasteiger partial charge is 0.370 e. The van der Waals surface area contributed by atoms with Crippen molar-refractivity contribution < 1.29 is 52.7 Å². The lowest BCUT2D eigenvalue weighted by Crippen LogP contribution is -2.59. The summed E-state index contributed by atoms with van der Waals surface area (Å²) in [4.78, 5) is 163. The normalized spacial score (nSPS) is 14.4. The van der Waals surface area contributed by atoms with Gasteiger partial charge in [-0.1, -0.05) is 102 Å². The Morgan fingerprint density at radius 2 is 1.28 bits per heavy atom. The molecular formula is C71H94N15O11S+. The van der Waals surface area contributed by atoms with Crippen LogP contribution < -0.4 is 59.5 Å². The van der Waals surface area contributed by atoms with Crippen LogP contribution in [-0.4, -0.2) is 147 Å². The van der Waals surface area contributed by atoms with E-state index >= 15 is 0 Å². The second-order valence-corrected chi connectivity index (χ2v) is 27.3. The first-order valence-electron chi connectivity index (χ1n) is 33.4. The predicted octanol–water partition coefficient (Wildman–Crippen LogP) is 3.78. The number of hydrogen-bond acceptors (Lipinski definition) is 13. The molecule has 4 aromatic carbocycles. The fourth-order valence-corrected chi connectivity index (χ4v) is 13.2. The number of carbonyl (C=O) groups excluding carboxylic acids is 11. The van der Waals surface area contributed by atoms with E-state index in [1.807, 2.05) is 86.6 Å². The number of primary amides is 2. The van der Waals surface area contributed by atoms with Crippen molar-refractivity contribution in [3.8, 4) is 0 Å². The number of para-hydroxylation sites is 1. The molecule has 11 amide bonds. The Morgan fingerprint density at radius 1 is 0.633 bits per heavy atom. The molecule has 98 heavy (non-hydrogen) atoms. The molecule has 1 aliphatic carbocycles. The Balaban J connectivity index is 0.930. The summed E-state index contributed by atoms with van der Waals surface area (Å²) in [6.07, 6.45) is 8.18. The molecule has 0 unspecified atom stereocenters. The molecule has 0 aliphatic heterocycles. The van der Waals surface area contributed by atoms with Gasteiger partial charge in [0.05, 0.1) is 23.8 Å². The van der Waals surface area contributed by atoms with E-state index in [2.05, 4.69) is 87.3 Å². The average molecular weight is 1370 g/mol. The van der Waals surface area contributed by atoms with E-state index in [0.29, 0.717) is 48.4 Å². The minimum absolute atomic E-state index is 0.00643. The van der Waals surface area contributed by atoms with Gasteiger partial charge in [-0.2, -0.15) is 0 Å². The van der Waals surface area contributed by atoms with Crippen LogP contribution in [-0.2, 0) is 71.7 Å². The third kappa shape index (κ3) is 23.2. The number of aromatic amines is 2. The first-order chi connectivity index (χ1) is 47.0. The van der Waals surface area contributed by atoms with Gasteiger partial charge in [-0.25, -0.2) is 10.4 Å². The number of nitrogens with two attached hydrogens (primary N) is 2. The van der Waals surface area contributed by atoms with E-state index in [9.17, 15) is 52.7 Å². The molecule has 0 bridgehead atoms. The van der Waals surface area contributed by atoms with Gasteiger partial charge in [-0.15, -0.1) is 0 Å². The summed E-state index contributed by atoms with van der Waals surface area (Å²) in [5.74, 6) is -7.07. The van der Waals surface area contributed by atoms with Crippen LogP contribution in [0.2, 0.25) is 0 Å². The van der Waals surface area contributed by atoms with Gasteiger partial charge in [0, 0.05) is 86.3 Å². The van der Waals surface area contributed by atoms with Crippen LogP contribution in [0.3, 0.4) is 0 Å². The standard InChI is InChI=1S/C71H93N15O11S/c1-7-44(4)54(31-34-61(88)85-84-56(65(73)91)36-46-25-26-46)81-69(95)58(38-49-40-74-42-78-49)80-62(89)41-77-71(97)64(43(2)3)83-66(92)45(5)79-68(94)57(37-48-39-76-55-23-15-14-22-53(48)55)82-70(96)59(32-33-60(72)87)86(6)63(90)24-16-17-35-75-67(93)47-27-29-52(30-28-47)98(50-18-10-8-11-19-50)51-20-12-9-13-21-51/h8-15,18-23,27-30,39-40,42-46,54,56-59,64,76,84H,7,16-17,24-26,31-38,41H2,1-6H3,(H12-,72,73,74,75,77,78,79,80,81,82,83,85,87,88,89,91,92,93,94,95,96,97)/p+1/t44-,45-,54+,56-,57-,58-,59-,64-/m0/s1. The van der Waals surface area contributed by atoms with Crippen molar-refractivity contribution in [1.29, 1.82) is 0 Å². The summed E-state index contributed by atoms with van der Waals surface area (Å²) in [5.41, 5.74) is 18.8. The molecule has 1 aliphatic rings. The molecule has 2 aromatic heterocycles. The SMILES string of the molecule is CC[C@H](C)[C@@H](CCC(=O)NN[C@@H](CC1CC1)C(N)=O)NC(=O)[C@H](Cc1cnc[nH]1)NC(=O)CNC(=O)[C@@H](NC(=O)[C@H](C)NC(=O)[C@H](Cc1c[nH]c2ccccc12)NC(=O)[C@H](CCC(N)=O)N(C)C(=O)CCCCNC(=O)c1ccc([S+](c2ccccc2)c2ccccc2)cc1)C(C)C. The van der Waals surface area contributed by atoms with Gasteiger partial charge in [0.2, 0.25) is 59.1 Å². The molecule has 26 nitrogen and oxygen atoms in total. The van der Waals surface area contributed by atoms with Crippen molar-refractivity contribution in [1.82, 2.24) is 67.9 Å². The number of carbonyl (C=O) groups is 11. The van der Waals surface area contributed by atoms with Crippen molar-refractivity contribution in [3.05, 3.63) is 145 Å². The highest BCUT2D eigenvalue weighted by Crippen LogP contribution is 2.34. The number of nitrogens with one attached hydrogen (secondary N) is 11. The Bertz CT molecular complexity index is 3620. The van der Waals surface area contributed by atoms with Crippen LogP contribution in [0.15, 0.2) is 143 Å². The zero-order valence-electron chi connectivity index (χ0n) is 56.5. The first-order valence-corrected chi connectivity index (χ1v) is 34.6. The molecule has 1 fully saturated rings. The van der Waals surface area contributed by atoms with E-state index in [1.54, 1.807) is 32.2 Å². The summed E-state index contributed by atoms with van der Waals surface area (Å²) in [6, 6.07) is 27.6. The van der Waals surface area contributed by atoms with Crippen molar-refractivity contribution in [2.24, 2.45) is 29.2 Å². The smallest absolute Gasteiger partial charge is 0.251 e. The number of aromatic nitrogens is 3. The summed E-state index contributed by atoms with van der Waals surface area (Å²) in [7, 11) is 1.04. The quantitative estimate of drug-likeness (QED) is 0.0148. The Morgan fingerprint density at radius 3 is 1.90 bits per heavy atom. The topological polar surface area (TPSA) is 396 Å². The Hall–Kier alpha value is -9.89. The van der Waals surface area contributed by atoms with Gasteiger partial charge in [0.25, 0.3) is 5.91 Å². The molecule has 0 radical (unpaired) electrons. The minimum atomic E-state index is -1.36. The molecular weight excluding hydrogens is 1270 g/mol. The van der Waals surface area contributed by atoms with E-state index in [1.165, 1.54) is 31.4 Å². The van der Waals surface area contributed by atoms with Crippen LogP contribution in [0, 0.1) is 17.8 Å². The van der Waals surface area contributed by atoms with Gasteiger partial charge in [0.1, 0.15) is 36.3 Å². The van der Waals surface area contributed by atoms with Gasteiger partial charge in [-0.05, 0) is 117 Å². The number of fused-ring (bicyclic) bond motifs is 1. The summed E-state index contributed by atoms with van der Waals surface area (Å²) >= 11 is 0. The third-order valence-electron chi connectivity index (χ3n) is 17.4. The number of hydrogen-bond donors (Lipinski definition) is 13. The summed E-state index contributed by atoms with van der Waals surface area (Å²) in [5, 5.41) is 20.0. The lowest BCUT2D eigenvalue weighted by Gasteiger charge is -2.30. The van der Waals surface area contributed by atoms with Crippen molar-refractivity contribution in [3.63, 3.8) is 0 Å². The van der Waals surface area contributed by atoms with Gasteiger partial charge < -0.3 is 63.6 Å². The van der Waals surface area contributed by atoms with Crippen LogP contribution in [0.5, 0.6) is 0 Å². The number of imidazole rings is 1. The second-order valence-electron chi connectivity index (χ2n) is 25.3. The average Bonchev–Trinajstić information content (AvgIpc) is 1.20. The number of hydrazine groups is 1. The van der Waals surface area contributed by atoms with Crippen LogP contribution in [0.4, 0.5) is 0 Å². The number of nitrogens with zero attached hydrogens (tertiary/aromatic N) is 2. The van der Waals surface area contributed by atoms with Crippen LogP contribution in [0.1, 0.15) is 127 Å². The summed E-state index contributed by atoms with van der Waals surface area (Å²) in [6.45, 7) is 8.23.